The number of hydrogen-bond donors (Lipinski definition) is 1. The maximum absolute atomic E-state index is 11.0. The zero-order chi connectivity index (χ0) is 14.4. The Morgan fingerprint density at radius 3 is 2.95 bits per heavy atom. The lowest BCUT2D eigenvalue weighted by Gasteiger charge is -2.08. The molecular formula is C14H17N3O3. The third-order valence-corrected chi connectivity index (χ3v) is 3.17. The van der Waals surface area contributed by atoms with Gasteiger partial charge < -0.3 is 10.1 Å². The van der Waals surface area contributed by atoms with E-state index in [2.05, 4.69) is 5.32 Å². The lowest BCUT2D eigenvalue weighted by Crippen LogP contribution is -2.08. The van der Waals surface area contributed by atoms with Crippen molar-refractivity contribution in [3.05, 3.63) is 33.9 Å². The Bertz CT molecular complexity index is 521. The van der Waals surface area contributed by atoms with Gasteiger partial charge in [0.25, 0.3) is 0 Å². The van der Waals surface area contributed by atoms with E-state index < -0.39 is 4.92 Å². The van der Waals surface area contributed by atoms with E-state index in [1.165, 1.54) is 18.9 Å². The smallest absolute Gasteiger partial charge is 0.309 e. The number of rotatable bonds is 8. The average Bonchev–Trinajstić information content (AvgIpc) is 3.26. The monoisotopic (exact) mass is 275 g/mol. The minimum absolute atomic E-state index is 0.0741. The maximum Gasteiger partial charge on any atom is 0.309 e. The van der Waals surface area contributed by atoms with Gasteiger partial charge in [0, 0.05) is 19.8 Å². The van der Waals surface area contributed by atoms with Gasteiger partial charge in [0.1, 0.15) is 17.3 Å². The van der Waals surface area contributed by atoms with E-state index in [1.54, 1.807) is 12.1 Å². The minimum Gasteiger partial charge on any atom is -0.381 e. The third-order valence-electron chi connectivity index (χ3n) is 3.17. The number of nitro benzene ring substituents is 1. The van der Waals surface area contributed by atoms with Crippen LogP contribution in [0.15, 0.2) is 18.2 Å². The van der Waals surface area contributed by atoms with Gasteiger partial charge in [0.05, 0.1) is 4.92 Å². The first kappa shape index (κ1) is 14.3. The van der Waals surface area contributed by atoms with Crippen molar-refractivity contribution in [2.45, 2.75) is 19.3 Å². The van der Waals surface area contributed by atoms with Crippen LogP contribution in [0.5, 0.6) is 0 Å². The van der Waals surface area contributed by atoms with Gasteiger partial charge in [-0.3, -0.25) is 10.1 Å². The predicted octanol–water partition coefficient (Wildman–Crippen LogP) is 2.70. The number of nitrogens with one attached hydrogen (secondary N) is 1. The van der Waals surface area contributed by atoms with Crippen molar-refractivity contribution in [3.8, 4) is 6.07 Å². The highest BCUT2D eigenvalue weighted by Crippen LogP contribution is 2.29. The summed E-state index contributed by atoms with van der Waals surface area (Å²) in [7, 11) is 0. The highest BCUT2D eigenvalue weighted by Gasteiger charge is 2.21. The van der Waals surface area contributed by atoms with Crippen molar-refractivity contribution < 1.29 is 9.66 Å². The molecule has 6 nitrogen and oxygen atoms in total. The molecule has 20 heavy (non-hydrogen) atoms. The number of nitro groups is 1. The number of hydrogen-bond acceptors (Lipinski definition) is 5. The van der Waals surface area contributed by atoms with Gasteiger partial charge in [-0.1, -0.05) is 6.07 Å². The number of nitrogens with zero attached hydrogens (tertiary/aromatic N) is 2. The topological polar surface area (TPSA) is 88.2 Å². The number of nitriles is 1. The molecule has 0 amide bonds. The summed E-state index contributed by atoms with van der Waals surface area (Å²) < 4.78 is 5.49. The average molecular weight is 275 g/mol. The number of benzene rings is 1. The molecule has 1 saturated carbocycles. The molecule has 0 unspecified atom stereocenters. The Labute approximate surface area is 117 Å². The molecule has 1 aliphatic carbocycles. The number of para-hydroxylation sites is 1. The number of ether oxygens (including phenoxy) is 1. The largest absolute Gasteiger partial charge is 0.381 e. The van der Waals surface area contributed by atoms with E-state index in [-0.39, 0.29) is 11.3 Å². The van der Waals surface area contributed by atoms with Gasteiger partial charge >= 0.3 is 5.69 Å². The fourth-order valence-electron chi connectivity index (χ4n) is 1.90. The Hall–Kier alpha value is -2.13. The van der Waals surface area contributed by atoms with Gasteiger partial charge in [-0.05, 0) is 37.3 Å². The maximum atomic E-state index is 11.0. The van der Waals surface area contributed by atoms with Crippen LogP contribution < -0.4 is 5.32 Å². The molecule has 6 heteroatoms. The Kier molecular flexibility index (Phi) is 4.91. The van der Waals surface area contributed by atoms with Crippen LogP contribution in [-0.4, -0.2) is 24.7 Å². The summed E-state index contributed by atoms with van der Waals surface area (Å²) >= 11 is 0. The highest BCUT2D eigenvalue weighted by molar-refractivity contribution is 5.68. The van der Waals surface area contributed by atoms with E-state index in [9.17, 15) is 10.1 Å². The molecule has 2 rings (SSSR count). The molecule has 0 radical (unpaired) electrons. The van der Waals surface area contributed by atoms with Gasteiger partial charge in [-0.2, -0.15) is 5.26 Å². The lowest BCUT2D eigenvalue weighted by atomic mass is 10.1. The molecule has 0 heterocycles. The fourth-order valence-corrected chi connectivity index (χ4v) is 1.90. The third kappa shape index (κ3) is 3.93. The minimum atomic E-state index is -0.523. The molecule has 0 aromatic heterocycles. The van der Waals surface area contributed by atoms with E-state index in [0.29, 0.717) is 18.8 Å². The lowest BCUT2D eigenvalue weighted by molar-refractivity contribution is -0.384. The van der Waals surface area contributed by atoms with Crippen molar-refractivity contribution in [1.29, 1.82) is 5.26 Å². The van der Waals surface area contributed by atoms with Crippen molar-refractivity contribution in [2.75, 3.05) is 25.1 Å². The first-order valence-electron chi connectivity index (χ1n) is 6.71. The van der Waals surface area contributed by atoms with Crippen LogP contribution in [-0.2, 0) is 4.74 Å². The van der Waals surface area contributed by atoms with Crippen LogP contribution in [0.25, 0.3) is 0 Å². The molecule has 0 spiro atoms. The second kappa shape index (κ2) is 6.87. The molecule has 0 aliphatic heterocycles. The van der Waals surface area contributed by atoms with Crippen molar-refractivity contribution in [1.82, 2.24) is 0 Å². The Morgan fingerprint density at radius 2 is 2.30 bits per heavy atom. The molecular weight excluding hydrogens is 258 g/mol. The fraction of sp³-hybridized carbons (Fsp3) is 0.500. The van der Waals surface area contributed by atoms with Gasteiger partial charge in [-0.25, -0.2) is 0 Å². The summed E-state index contributed by atoms with van der Waals surface area (Å²) in [5.41, 5.74) is 0.301. The van der Waals surface area contributed by atoms with Crippen LogP contribution in [0.1, 0.15) is 24.8 Å². The first-order chi connectivity index (χ1) is 9.72. The Balaban J connectivity index is 1.82. The molecule has 1 aliphatic rings. The normalized spacial score (nSPS) is 13.8. The first-order valence-corrected chi connectivity index (χ1v) is 6.71. The SMILES string of the molecule is N#Cc1cccc(NCCCOCC2CC2)c1[N+](=O)[O-]. The predicted molar refractivity (Wildman–Crippen MR) is 74.5 cm³/mol. The summed E-state index contributed by atoms with van der Waals surface area (Å²) in [6.45, 7) is 2.06. The summed E-state index contributed by atoms with van der Waals surface area (Å²) in [6.07, 6.45) is 3.32. The van der Waals surface area contributed by atoms with Crippen molar-refractivity contribution in [2.24, 2.45) is 5.92 Å². The second-order valence-electron chi connectivity index (χ2n) is 4.87. The summed E-state index contributed by atoms with van der Waals surface area (Å²) in [5, 5.41) is 22.9. The molecule has 1 fully saturated rings. The number of anilines is 1. The van der Waals surface area contributed by atoms with E-state index in [1.807, 2.05) is 6.07 Å². The van der Waals surface area contributed by atoms with E-state index >= 15 is 0 Å². The molecule has 0 atom stereocenters. The van der Waals surface area contributed by atoms with Crippen molar-refractivity contribution >= 4 is 11.4 Å². The van der Waals surface area contributed by atoms with Crippen LogP contribution >= 0.6 is 0 Å². The second-order valence-corrected chi connectivity index (χ2v) is 4.87. The van der Waals surface area contributed by atoms with Gasteiger partial charge in [-0.15, -0.1) is 0 Å². The van der Waals surface area contributed by atoms with Crippen LogP contribution in [0.3, 0.4) is 0 Å². The molecule has 1 aromatic carbocycles. The van der Waals surface area contributed by atoms with E-state index in [0.717, 1.165) is 18.9 Å². The standard InChI is InChI=1S/C14H17N3O3/c15-9-12-3-1-4-13(14(12)17(18)19)16-7-2-8-20-10-11-5-6-11/h1,3-4,11,16H,2,5-8,10H2. The van der Waals surface area contributed by atoms with Crippen LogP contribution in [0.2, 0.25) is 0 Å². The van der Waals surface area contributed by atoms with Crippen LogP contribution in [0, 0.1) is 27.4 Å². The summed E-state index contributed by atoms with van der Waals surface area (Å²) in [6, 6.07) is 6.54. The molecule has 0 bridgehead atoms. The molecule has 0 saturated heterocycles. The zero-order valence-electron chi connectivity index (χ0n) is 11.2. The van der Waals surface area contributed by atoms with E-state index in [4.69, 9.17) is 10.00 Å². The molecule has 106 valence electrons. The summed E-state index contributed by atoms with van der Waals surface area (Å²) in [4.78, 5) is 10.5. The highest BCUT2D eigenvalue weighted by atomic mass is 16.6. The van der Waals surface area contributed by atoms with Crippen LogP contribution in [0.4, 0.5) is 11.4 Å². The van der Waals surface area contributed by atoms with Gasteiger partial charge in [0.15, 0.2) is 0 Å². The molecule has 1 N–H and O–H groups in total. The summed E-state index contributed by atoms with van der Waals surface area (Å²) in [5.74, 6) is 0.747. The van der Waals surface area contributed by atoms with Crippen molar-refractivity contribution in [3.63, 3.8) is 0 Å². The molecule has 1 aromatic rings. The zero-order valence-corrected chi connectivity index (χ0v) is 11.2. The Morgan fingerprint density at radius 1 is 1.50 bits per heavy atom. The quantitative estimate of drug-likeness (QED) is 0.447. The van der Waals surface area contributed by atoms with Gasteiger partial charge in [0.2, 0.25) is 0 Å².